The molecule has 0 aliphatic carbocycles. The van der Waals surface area contributed by atoms with Crippen LogP contribution in [0.5, 0.6) is 0 Å². The van der Waals surface area contributed by atoms with Crippen LogP contribution in [0, 0.1) is 0 Å². The summed E-state index contributed by atoms with van der Waals surface area (Å²) in [6.07, 6.45) is 3.70. The van der Waals surface area contributed by atoms with Crippen LogP contribution in [0.25, 0.3) is 0 Å². The van der Waals surface area contributed by atoms with E-state index in [1.54, 1.807) is 12.1 Å². The van der Waals surface area contributed by atoms with Crippen molar-refractivity contribution >= 4 is 21.8 Å². The van der Waals surface area contributed by atoms with Gasteiger partial charge in [0.2, 0.25) is 0 Å². The number of pyridine rings is 1. The van der Waals surface area contributed by atoms with Crippen molar-refractivity contribution in [2.24, 2.45) is 0 Å². The van der Waals surface area contributed by atoms with E-state index in [0.717, 1.165) is 10.0 Å². The average Bonchev–Trinajstić information content (AvgIpc) is 2.37. The zero-order valence-electron chi connectivity index (χ0n) is 9.11. The molecule has 0 atom stereocenters. The predicted octanol–water partition coefficient (Wildman–Crippen LogP) is 2.19. The van der Waals surface area contributed by atoms with Crippen LogP contribution in [0.4, 0.5) is 0 Å². The second kappa shape index (κ2) is 5.59. The number of hydrogen-bond donors (Lipinski definition) is 1. The van der Waals surface area contributed by atoms with Crippen LogP contribution in [0.1, 0.15) is 15.9 Å². The zero-order chi connectivity index (χ0) is 12.1. The van der Waals surface area contributed by atoms with Crippen LogP contribution in [0.15, 0.2) is 53.3 Å². The van der Waals surface area contributed by atoms with Crippen molar-refractivity contribution in [1.29, 1.82) is 0 Å². The predicted molar refractivity (Wildman–Crippen MR) is 68.3 cm³/mol. The first-order chi connectivity index (χ1) is 8.25. The van der Waals surface area contributed by atoms with Crippen molar-refractivity contribution in [3.63, 3.8) is 0 Å². The maximum absolute atomic E-state index is 11.8. The molecule has 0 saturated carbocycles. The van der Waals surface area contributed by atoms with Gasteiger partial charge in [0.25, 0.3) is 5.91 Å². The third-order valence-electron chi connectivity index (χ3n) is 2.31. The maximum Gasteiger partial charge on any atom is 0.251 e. The Labute approximate surface area is 108 Å². The summed E-state index contributed by atoms with van der Waals surface area (Å²) in [5.41, 5.74) is 1.69. The average molecular weight is 292 g/mol. The number of hydrogen-bond acceptors (Lipinski definition) is 1. The number of aromatic nitrogens is 1. The highest BCUT2D eigenvalue weighted by Crippen LogP contribution is 2.11. The molecule has 4 heteroatoms. The summed E-state index contributed by atoms with van der Waals surface area (Å²) < 4.78 is 0.901. The zero-order valence-corrected chi connectivity index (χ0v) is 10.7. The van der Waals surface area contributed by atoms with Crippen LogP contribution in [-0.4, -0.2) is 5.91 Å². The molecule has 3 nitrogen and oxygen atoms in total. The number of nitrogens with one attached hydrogen (secondary N) is 2. The van der Waals surface area contributed by atoms with Gasteiger partial charge in [-0.15, -0.1) is 0 Å². The molecule has 0 aliphatic heterocycles. The molecule has 1 aromatic heterocycles. The highest BCUT2D eigenvalue weighted by molar-refractivity contribution is 9.10. The molecule has 86 valence electrons. The number of aromatic amines is 1. The lowest BCUT2D eigenvalue weighted by Gasteiger charge is -2.04. The van der Waals surface area contributed by atoms with E-state index in [9.17, 15) is 4.79 Å². The number of carbonyl (C=O) groups excluding carboxylic acids is 1. The fourth-order valence-electron chi connectivity index (χ4n) is 1.45. The summed E-state index contributed by atoms with van der Waals surface area (Å²) in [6.45, 7) is 0.517. The Balaban J connectivity index is 1.98. The summed E-state index contributed by atoms with van der Waals surface area (Å²) in [6, 6.07) is 11.2. The van der Waals surface area contributed by atoms with Gasteiger partial charge in [0, 0.05) is 28.2 Å². The Bertz CT molecular complexity index is 514. The first-order valence-electron chi connectivity index (χ1n) is 5.24. The summed E-state index contributed by atoms with van der Waals surface area (Å²) in [4.78, 5) is 14.8. The van der Waals surface area contributed by atoms with Gasteiger partial charge in [-0.25, -0.2) is 4.98 Å². The molecule has 2 rings (SSSR count). The summed E-state index contributed by atoms with van der Waals surface area (Å²) in [5.74, 6) is -0.0739. The largest absolute Gasteiger partial charge is 0.348 e. The Morgan fingerprint density at radius 2 is 2.18 bits per heavy atom. The topological polar surface area (TPSA) is 43.2 Å². The molecule has 0 bridgehead atoms. The van der Waals surface area contributed by atoms with Crippen LogP contribution >= 0.6 is 15.9 Å². The SMILES string of the molecule is O=C(NCc1ccc[nH+]c1)c1cccc(Br)c1. The van der Waals surface area contributed by atoms with Crippen LogP contribution in [-0.2, 0) is 6.54 Å². The summed E-state index contributed by atoms with van der Waals surface area (Å²) in [5, 5.41) is 2.86. The first kappa shape index (κ1) is 11.8. The van der Waals surface area contributed by atoms with Gasteiger partial charge in [0.1, 0.15) is 0 Å². The third kappa shape index (κ3) is 3.39. The lowest BCUT2D eigenvalue weighted by molar-refractivity contribution is -0.378. The maximum atomic E-state index is 11.8. The van der Waals surface area contributed by atoms with Gasteiger partial charge in [0.15, 0.2) is 12.4 Å². The number of H-pyrrole nitrogens is 1. The second-order valence-electron chi connectivity index (χ2n) is 3.60. The van der Waals surface area contributed by atoms with Crippen LogP contribution in [0.2, 0.25) is 0 Å². The summed E-state index contributed by atoms with van der Waals surface area (Å²) >= 11 is 3.34. The van der Waals surface area contributed by atoms with E-state index in [2.05, 4.69) is 26.2 Å². The number of rotatable bonds is 3. The van der Waals surface area contributed by atoms with Gasteiger partial charge >= 0.3 is 0 Å². The van der Waals surface area contributed by atoms with Gasteiger partial charge in [-0.05, 0) is 24.3 Å². The minimum Gasteiger partial charge on any atom is -0.348 e. The van der Waals surface area contributed by atoms with Crippen molar-refractivity contribution in [1.82, 2.24) is 5.32 Å². The smallest absolute Gasteiger partial charge is 0.251 e. The van der Waals surface area contributed by atoms with E-state index >= 15 is 0 Å². The van der Waals surface area contributed by atoms with E-state index in [-0.39, 0.29) is 5.91 Å². The highest BCUT2D eigenvalue weighted by atomic mass is 79.9. The molecule has 0 fully saturated rings. The van der Waals surface area contributed by atoms with E-state index in [0.29, 0.717) is 12.1 Å². The van der Waals surface area contributed by atoms with E-state index < -0.39 is 0 Å². The molecule has 0 aliphatic rings. The molecule has 1 amide bonds. The summed E-state index contributed by atoms with van der Waals surface area (Å²) in [7, 11) is 0. The molecule has 1 heterocycles. The van der Waals surface area contributed by atoms with Gasteiger partial charge in [-0.1, -0.05) is 22.0 Å². The van der Waals surface area contributed by atoms with Crippen molar-refractivity contribution in [3.8, 4) is 0 Å². The highest BCUT2D eigenvalue weighted by Gasteiger charge is 2.05. The Hall–Kier alpha value is -1.68. The Kier molecular flexibility index (Phi) is 3.88. The van der Waals surface area contributed by atoms with Gasteiger partial charge in [0.05, 0.1) is 0 Å². The van der Waals surface area contributed by atoms with Gasteiger partial charge < -0.3 is 5.32 Å². The Morgan fingerprint density at radius 1 is 1.29 bits per heavy atom. The van der Waals surface area contributed by atoms with Crippen LogP contribution in [0.3, 0.4) is 0 Å². The molecular weight excluding hydrogens is 280 g/mol. The van der Waals surface area contributed by atoms with Crippen molar-refractivity contribution in [2.45, 2.75) is 6.54 Å². The standard InChI is InChI=1S/C13H11BrN2O/c14-12-5-1-4-11(7-12)13(17)16-9-10-3-2-6-15-8-10/h1-8H,9H2,(H,16,17)/p+1. The Morgan fingerprint density at radius 3 is 2.88 bits per heavy atom. The van der Waals surface area contributed by atoms with Crippen molar-refractivity contribution < 1.29 is 9.78 Å². The molecule has 2 N–H and O–H groups in total. The number of amides is 1. The van der Waals surface area contributed by atoms with Crippen molar-refractivity contribution in [3.05, 3.63) is 64.4 Å². The minimum atomic E-state index is -0.0739. The molecular formula is C13H12BrN2O+. The molecule has 0 unspecified atom stereocenters. The van der Waals surface area contributed by atoms with E-state index in [1.165, 1.54) is 0 Å². The molecule has 0 saturated heterocycles. The van der Waals surface area contributed by atoms with Gasteiger partial charge in [-0.2, -0.15) is 0 Å². The third-order valence-corrected chi connectivity index (χ3v) is 2.80. The fraction of sp³-hybridized carbons (Fsp3) is 0.0769. The quantitative estimate of drug-likeness (QED) is 0.926. The first-order valence-corrected chi connectivity index (χ1v) is 6.04. The molecule has 2 aromatic rings. The second-order valence-corrected chi connectivity index (χ2v) is 4.52. The number of halogens is 1. The van der Waals surface area contributed by atoms with Crippen molar-refractivity contribution in [2.75, 3.05) is 0 Å². The normalized spacial score (nSPS) is 9.94. The van der Waals surface area contributed by atoms with Gasteiger partial charge in [-0.3, -0.25) is 4.79 Å². The monoisotopic (exact) mass is 291 g/mol. The molecule has 1 aromatic carbocycles. The molecule has 17 heavy (non-hydrogen) atoms. The lowest BCUT2D eigenvalue weighted by atomic mass is 10.2. The number of benzene rings is 1. The number of carbonyl (C=O) groups is 1. The molecule has 0 spiro atoms. The molecule has 0 radical (unpaired) electrons. The van der Waals surface area contributed by atoms with E-state index in [4.69, 9.17) is 0 Å². The fourth-order valence-corrected chi connectivity index (χ4v) is 1.85. The van der Waals surface area contributed by atoms with Crippen LogP contribution < -0.4 is 10.3 Å². The lowest BCUT2D eigenvalue weighted by Crippen LogP contribution is -2.23. The minimum absolute atomic E-state index is 0.0739. The van der Waals surface area contributed by atoms with E-state index in [1.807, 2.05) is 36.7 Å².